The van der Waals surface area contributed by atoms with Crippen LogP contribution in [0, 0.1) is 6.92 Å². The second-order valence-electron chi connectivity index (χ2n) is 8.06. The van der Waals surface area contributed by atoms with Crippen molar-refractivity contribution in [2.75, 3.05) is 34.2 Å². The standard InChI is InChI=1S/C26H26N4O7/c1-11-15(10-31)30-21(14-8-6-13-20(29-14)23(33)19(28)26(37-5)22(13)32)18(27)17(11)12-7-9-16(34-2)25(36-4)24(12)35-3/h6-9,31H,10,27-28H2,1-5H3. The Bertz CT molecular complexity index is 1480. The zero-order valence-corrected chi connectivity index (χ0v) is 21.0. The molecule has 1 aromatic carbocycles. The first-order valence-electron chi connectivity index (χ1n) is 11.1. The minimum Gasteiger partial charge on any atom is -0.493 e. The molecule has 11 heteroatoms. The van der Waals surface area contributed by atoms with Gasteiger partial charge in [0, 0.05) is 11.1 Å². The summed E-state index contributed by atoms with van der Waals surface area (Å²) in [6.07, 6.45) is 0. The molecule has 11 nitrogen and oxygen atoms in total. The molecule has 192 valence electrons. The molecule has 0 aliphatic heterocycles. The Morgan fingerprint density at radius 1 is 0.811 bits per heavy atom. The average molecular weight is 507 g/mol. The Kier molecular flexibility index (Phi) is 6.73. The maximum atomic E-state index is 12.9. The van der Waals surface area contributed by atoms with E-state index in [4.69, 9.17) is 30.4 Å². The second-order valence-corrected chi connectivity index (χ2v) is 8.06. The van der Waals surface area contributed by atoms with Gasteiger partial charge in [0.1, 0.15) is 17.1 Å². The molecule has 1 aliphatic carbocycles. The monoisotopic (exact) mass is 506 g/mol. The molecule has 5 N–H and O–H groups in total. The first kappa shape index (κ1) is 25.5. The van der Waals surface area contributed by atoms with Crippen molar-refractivity contribution in [3.8, 4) is 39.8 Å². The second kappa shape index (κ2) is 9.78. The van der Waals surface area contributed by atoms with Gasteiger partial charge >= 0.3 is 0 Å². The number of ketones is 2. The molecule has 37 heavy (non-hydrogen) atoms. The molecule has 0 saturated carbocycles. The van der Waals surface area contributed by atoms with Gasteiger partial charge in [0.25, 0.3) is 0 Å². The fraction of sp³-hybridized carbons (Fsp3) is 0.231. The average Bonchev–Trinajstić information content (AvgIpc) is 2.91. The molecule has 0 radical (unpaired) electrons. The van der Waals surface area contributed by atoms with E-state index in [9.17, 15) is 14.7 Å². The van der Waals surface area contributed by atoms with Crippen LogP contribution < -0.4 is 25.7 Å². The fourth-order valence-electron chi connectivity index (χ4n) is 4.36. The highest BCUT2D eigenvalue weighted by Crippen LogP contribution is 2.48. The van der Waals surface area contributed by atoms with Crippen LogP contribution in [0.2, 0.25) is 0 Å². The van der Waals surface area contributed by atoms with Crippen molar-refractivity contribution in [1.82, 2.24) is 9.97 Å². The third-order valence-corrected chi connectivity index (χ3v) is 6.20. The zero-order chi connectivity index (χ0) is 27.0. The van der Waals surface area contributed by atoms with Gasteiger partial charge < -0.3 is 35.5 Å². The maximum Gasteiger partial charge on any atom is 0.232 e. The summed E-state index contributed by atoms with van der Waals surface area (Å²) in [5, 5.41) is 10.1. The van der Waals surface area contributed by atoms with E-state index in [0.717, 1.165) is 0 Å². The van der Waals surface area contributed by atoms with Crippen molar-refractivity contribution in [2.45, 2.75) is 13.5 Å². The number of carbonyl (C=O) groups is 2. The Labute approximate surface area is 212 Å². The summed E-state index contributed by atoms with van der Waals surface area (Å²) in [4.78, 5) is 34.5. The molecule has 4 rings (SSSR count). The van der Waals surface area contributed by atoms with Crippen LogP contribution in [0.5, 0.6) is 17.2 Å². The van der Waals surface area contributed by atoms with Crippen LogP contribution in [0.4, 0.5) is 5.69 Å². The number of anilines is 1. The van der Waals surface area contributed by atoms with Gasteiger partial charge in [-0.1, -0.05) is 0 Å². The molecular weight excluding hydrogens is 480 g/mol. The van der Waals surface area contributed by atoms with Crippen molar-refractivity contribution < 1.29 is 33.6 Å². The summed E-state index contributed by atoms with van der Waals surface area (Å²) in [6, 6.07) is 6.42. The molecule has 0 unspecified atom stereocenters. The summed E-state index contributed by atoms with van der Waals surface area (Å²) in [7, 11) is 5.75. The number of nitrogens with zero attached hydrogens (tertiary/aromatic N) is 2. The molecule has 2 heterocycles. The maximum absolute atomic E-state index is 12.9. The number of aliphatic hydroxyl groups is 1. The lowest BCUT2D eigenvalue weighted by atomic mass is 9.93. The van der Waals surface area contributed by atoms with E-state index >= 15 is 0 Å². The van der Waals surface area contributed by atoms with Gasteiger partial charge in [-0.15, -0.1) is 0 Å². The molecule has 3 aromatic rings. The number of ether oxygens (including phenoxy) is 4. The molecular formula is C26H26N4O7. The topological polar surface area (TPSA) is 169 Å². The van der Waals surface area contributed by atoms with Gasteiger partial charge in [-0.05, 0) is 36.8 Å². The van der Waals surface area contributed by atoms with Crippen LogP contribution in [-0.2, 0) is 11.3 Å². The van der Waals surface area contributed by atoms with Gasteiger partial charge in [0.15, 0.2) is 17.3 Å². The van der Waals surface area contributed by atoms with Gasteiger partial charge in [0.2, 0.25) is 17.3 Å². The SMILES string of the molecule is COC1=C(N)C(=O)c2nc(-c3nc(CO)c(C)c(-c4ccc(OC)c(OC)c4OC)c3N)ccc2C1=O. The highest BCUT2D eigenvalue weighted by atomic mass is 16.5. The van der Waals surface area contributed by atoms with Crippen molar-refractivity contribution in [1.29, 1.82) is 0 Å². The smallest absolute Gasteiger partial charge is 0.232 e. The minimum absolute atomic E-state index is 0.0506. The van der Waals surface area contributed by atoms with E-state index in [2.05, 4.69) is 9.97 Å². The Hall–Kier alpha value is -4.64. The van der Waals surface area contributed by atoms with Crippen LogP contribution in [0.15, 0.2) is 35.7 Å². The number of nitrogens with two attached hydrogens (primary N) is 2. The van der Waals surface area contributed by atoms with Gasteiger partial charge in [0.05, 0.1) is 57.7 Å². The van der Waals surface area contributed by atoms with E-state index in [0.29, 0.717) is 39.6 Å². The van der Waals surface area contributed by atoms with E-state index in [1.54, 1.807) is 19.1 Å². The lowest BCUT2D eigenvalue weighted by Crippen LogP contribution is -2.28. The number of fused-ring (bicyclic) bond motifs is 1. The van der Waals surface area contributed by atoms with Crippen LogP contribution >= 0.6 is 0 Å². The highest BCUT2D eigenvalue weighted by molar-refractivity contribution is 6.25. The number of aliphatic hydroxyl groups excluding tert-OH is 1. The van der Waals surface area contributed by atoms with Crippen LogP contribution in [0.25, 0.3) is 22.5 Å². The van der Waals surface area contributed by atoms with E-state index < -0.39 is 18.2 Å². The number of allylic oxidation sites excluding steroid dienone is 2. The first-order chi connectivity index (χ1) is 17.7. The lowest BCUT2D eigenvalue weighted by molar-refractivity contribution is 0.0902. The summed E-state index contributed by atoms with van der Waals surface area (Å²) in [6.45, 7) is 1.38. The predicted octanol–water partition coefficient (Wildman–Crippen LogP) is 2.42. The van der Waals surface area contributed by atoms with E-state index in [1.807, 2.05) is 0 Å². The van der Waals surface area contributed by atoms with Gasteiger partial charge in [-0.25, -0.2) is 9.97 Å². The van der Waals surface area contributed by atoms with E-state index in [-0.39, 0.29) is 39.8 Å². The number of pyridine rings is 2. The number of aromatic nitrogens is 2. The number of methoxy groups -OCH3 is 4. The molecule has 0 spiro atoms. The number of hydrogen-bond acceptors (Lipinski definition) is 11. The van der Waals surface area contributed by atoms with Crippen molar-refractivity contribution in [3.63, 3.8) is 0 Å². The number of Topliss-reactive ketones (excluding diaryl/α,β-unsaturated/α-hetero) is 2. The number of nitrogen functional groups attached to an aromatic ring is 1. The minimum atomic E-state index is -0.650. The van der Waals surface area contributed by atoms with Crippen LogP contribution in [0.1, 0.15) is 32.1 Å². The normalized spacial score (nSPS) is 12.9. The van der Waals surface area contributed by atoms with Crippen molar-refractivity contribution in [3.05, 3.63) is 58.2 Å². The third-order valence-electron chi connectivity index (χ3n) is 6.20. The molecule has 0 fully saturated rings. The van der Waals surface area contributed by atoms with Crippen molar-refractivity contribution >= 4 is 17.3 Å². The van der Waals surface area contributed by atoms with Gasteiger partial charge in [-0.3, -0.25) is 9.59 Å². The highest BCUT2D eigenvalue weighted by Gasteiger charge is 2.34. The number of rotatable bonds is 7. The number of hydrogen-bond donors (Lipinski definition) is 3. The summed E-state index contributed by atoms with van der Waals surface area (Å²) >= 11 is 0. The zero-order valence-electron chi connectivity index (χ0n) is 21.0. The van der Waals surface area contributed by atoms with Crippen LogP contribution in [-0.4, -0.2) is 55.1 Å². The Balaban J connectivity index is 1.99. The van der Waals surface area contributed by atoms with Gasteiger partial charge in [-0.2, -0.15) is 0 Å². The molecule has 0 atom stereocenters. The Morgan fingerprint density at radius 3 is 2.08 bits per heavy atom. The summed E-state index contributed by atoms with van der Waals surface area (Å²) in [5.74, 6) is -0.255. The molecule has 0 amide bonds. The first-order valence-corrected chi connectivity index (χ1v) is 11.1. The quantitative estimate of drug-likeness (QED) is 0.430. The molecule has 0 saturated heterocycles. The summed E-state index contributed by atoms with van der Waals surface area (Å²) < 4.78 is 21.6. The number of benzene rings is 1. The summed E-state index contributed by atoms with van der Waals surface area (Å²) in [5.41, 5.74) is 14.7. The predicted molar refractivity (Wildman–Crippen MR) is 135 cm³/mol. The Morgan fingerprint density at radius 2 is 1.49 bits per heavy atom. The lowest BCUT2D eigenvalue weighted by Gasteiger charge is -2.21. The van der Waals surface area contributed by atoms with E-state index in [1.165, 1.54) is 40.6 Å². The largest absolute Gasteiger partial charge is 0.493 e. The third kappa shape index (κ3) is 3.89. The number of carbonyl (C=O) groups excluding carboxylic acids is 2. The van der Waals surface area contributed by atoms with Crippen molar-refractivity contribution in [2.24, 2.45) is 5.73 Å². The molecule has 2 aromatic heterocycles. The van der Waals surface area contributed by atoms with Crippen LogP contribution in [0.3, 0.4) is 0 Å². The molecule has 1 aliphatic rings. The molecule has 0 bridgehead atoms. The fourth-order valence-corrected chi connectivity index (χ4v) is 4.36.